The topological polar surface area (TPSA) is 34.1 Å². The number of ether oxygens (including phenoxy) is 1. The van der Waals surface area contributed by atoms with E-state index in [1.807, 2.05) is 24.5 Å². The number of hydrogen-bond acceptors (Lipinski definition) is 3. The van der Waals surface area contributed by atoms with Crippen LogP contribution in [0, 0.1) is 0 Å². The molecule has 0 amide bonds. The van der Waals surface area contributed by atoms with Crippen LogP contribution in [-0.4, -0.2) is 24.2 Å². The molecule has 0 aliphatic carbocycles. The van der Waals surface area contributed by atoms with Crippen LogP contribution in [0.5, 0.6) is 0 Å². The third-order valence-electron chi connectivity index (χ3n) is 1.98. The maximum absolute atomic E-state index is 5.05. The van der Waals surface area contributed by atoms with E-state index in [1.165, 1.54) is 5.56 Å². The minimum Gasteiger partial charge on any atom is -0.378 e. The molecule has 2 rings (SSSR count). The lowest BCUT2D eigenvalue weighted by Gasteiger charge is -2.26. The average molecular weight is 164 g/mol. The normalized spacial score (nSPS) is 17.3. The maximum atomic E-state index is 5.05. The van der Waals surface area contributed by atoms with Gasteiger partial charge in [0.1, 0.15) is 0 Å². The molecule has 2 heterocycles. The number of aromatic nitrogens is 1. The Labute approximate surface area is 71.8 Å². The van der Waals surface area contributed by atoms with Crippen LogP contribution in [0.1, 0.15) is 5.56 Å². The molecule has 0 aromatic carbocycles. The lowest BCUT2D eigenvalue weighted by atomic mass is 10.2. The minimum atomic E-state index is 0.554. The second-order valence-electron chi connectivity index (χ2n) is 2.97. The van der Waals surface area contributed by atoms with E-state index in [1.54, 1.807) is 0 Å². The van der Waals surface area contributed by atoms with Crippen molar-refractivity contribution in [2.45, 2.75) is 12.6 Å². The Kier molecular flexibility index (Phi) is 2.34. The van der Waals surface area contributed by atoms with Crippen molar-refractivity contribution < 1.29 is 4.74 Å². The summed E-state index contributed by atoms with van der Waals surface area (Å²) in [5.41, 5.74) is 1.27. The Morgan fingerprint density at radius 3 is 2.75 bits per heavy atom. The molecule has 3 heteroatoms. The van der Waals surface area contributed by atoms with Crippen molar-refractivity contribution >= 4 is 0 Å². The largest absolute Gasteiger partial charge is 0.378 e. The maximum Gasteiger partial charge on any atom is 0.0643 e. The van der Waals surface area contributed by atoms with Crippen LogP contribution in [0.4, 0.5) is 0 Å². The molecular formula is C9H12N2O. The monoisotopic (exact) mass is 164 g/mol. The Morgan fingerprint density at radius 2 is 2.17 bits per heavy atom. The molecule has 1 aromatic heterocycles. The molecule has 0 saturated carbocycles. The van der Waals surface area contributed by atoms with Crippen molar-refractivity contribution in [2.75, 3.05) is 13.2 Å². The zero-order valence-electron chi connectivity index (χ0n) is 6.86. The van der Waals surface area contributed by atoms with Crippen molar-refractivity contribution in [2.24, 2.45) is 0 Å². The van der Waals surface area contributed by atoms with E-state index in [0.29, 0.717) is 6.04 Å². The Hall–Kier alpha value is -0.930. The third-order valence-corrected chi connectivity index (χ3v) is 1.98. The number of nitrogens with one attached hydrogen (secondary N) is 1. The highest BCUT2D eigenvalue weighted by Gasteiger charge is 2.16. The van der Waals surface area contributed by atoms with Gasteiger partial charge >= 0.3 is 0 Å². The van der Waals surface area contributed by atoms with E-state index < -0.39 is 0 Å². The predicted molar refractivity (Wildman–Crippen MR) is 45.7 cm³/mol. The van der Waals surface area contributed by atoms with Gasteiger partial charge in [0.15, 0.2) is 0 Å². The molecule has 1 aliphatic rings. The fourth-order valence-corrected chi connectivity index (χ4v) is 1.12. The highest BCUT2D eigenvalue weighted by Crippen LogP contribution is 2.02. The summed E-state index contributed by atoms with van der Waals surface area (Å²) >= 11 is 0. The van der Waals surface area contributed by atoms with Crippen LogP contribution in [-0.2, 0) is 11.3 Å². The average Bonchev–Trinajstić information content (AvgIpc) is 2.04. The number of hydrogen-bond donors (Lipinski definition) is 1. The quantitative estimate of drug-likeness (QED) is 0.709. The first-order valence-electron chi connectivity index (χ1n) is 4.15. The fraction of sp³-hybridized carbons (Fsp3) is 0.444. The molecule has 64 valence electrons. The van der Waals surface area contributed by atoms with Gasteiger partial charge in [-0.15, -0.1) is 0 Å². The predicted octanol–water partition coefficient (Wildman–Crippen LogP) is 0.570. The first-order chi connectivity index (χ1) is 5.95. The lowest BCUT2D eigenvalue weighted by Crippen LogP contribution is -2.45. The van der Waals surface area contributed by atoms with Gasteiger partial charge in [-0.3, -0.25) is 4.98 Å². The molecule has 0 unspecified atom stereocenters. The van der Waals surface area contributed by atoms with Gasteiger partial charge in [0.05, 0.1) is 19.3 Å². The molecule has 0 atom stereocenters. The summed E-state index contributed by atoms with van der Waals surface area (Å²) in [5.74, 6) is 0. The first kappa shape index (κ1) is 7.71. The lowest BCUT2D eigenvalue weighted by molar-refractivity contribution is -0.00578. The van der Waals surface area contributed by atoms with Crippen molar-refractivity contribution in [3.8, 4) is 0 Å². The summed E-state index contributed by atoms with van der Waals surface area (Å²) in [6.45, 7) is 2.62. The van der Waals surface area contributed by atoms with E-state index in [9.17, 15) is 0 Å². The molecule has 1 aliphatic heterocycles. The first-order valence-corrected chi connectivity index (χ1v) is 4.15. The standard InChI is InChI=1S/C9H12N2O/c1-3-10-4-2-8(1)5-11-9-6-12-7-9/h1-4,9,11H,5-7H2. The van der Waals surface area contributed by atoms with E-state index in [0.717, 1.165) is 19.8 Å². The molecule has 12 heavy (non-hydrogen) atoms. The Balaban J connectivity index is 1.79. The van der Waals surface area contributed by atoms with Gasteiger partial charge in [-0.2, -0.15) is 0 Å². The van der Waals surface area contributed by atoms with Crippen LogP contribution in [0.3, 0.4) is 0 Å². The van der Waals surface area contributed by atoms with Gasteiger partial charge in [-0.25, -0.2) is 0 Å². The van der Waals surface area contributed by atoms with Gasteiger partial charge in [0, 0.05) is 18.9 Å². The van der Waals surface area contributed by atoms with E-state index in [4.69, 9.17) is 4.74 Å². The molecule has 1 saturated heterocycles. The summed E-state index contributed by atoms with van der Waals surface area (Å²) in [6, 6.07) is 4.59. The molecule has 0 bridgehead atoms. The van der Waals surface area contributed by atoms with E-state index in [-0.39, 0.29) is 0 Å². The van der Waals surface area contributed by atoms with Crippen molar-refractivity contribution in [1.82, 2.24) is 10.3 Å². The molecule has 0 spiro atoms. The fourth-order valence-electron chi connectivity index (χ4n) is 1.12. The third kappa shape index (κ3) is 1.81. The van der Waals surface area contributed by atoms with Crippen LogP contribution < -0.4 is 5.32 Å². The second kappa shape index (κ2) is 3.65. The number of pyridine rings is 1. The summed E-state index contributed by atoms with van der Waals surface area (Å²) in [5, 5.41) is 3.38. The summed E-state index contributed by atoms with van der Waals surface area (Å²) in [7, 11) is 0. The van der Waals surface area contributed by atoms with Crippen molar-refractivity contribution in [3.63, 3.8) is 0 Å². The van der Waals surface area contributed by atoms with Crippen LogP contribution in [0.2, 0.25) is 0 Å². The molecule has 0 radical (unpaired) electrons. The molecule has 1 N–H and O–H groups in total. The van der Waals surface area contributed by atoms with E-state index >= 15 is 0 Å². The highest BCUT2D eigenvalue weighted by molar-refractivity contribution is 5.09. The molecule has 1 aromatic rings. The smallest absolute Gasteiger partial charge is 0.0643 e. The van der Waals surface area contributed by atoms with Crippen molar-refractivity contribution in [3.05, 3.63) is 30.1 Å². The zero-order chi connectivity index (χ0) is 8.23. The highest BCUT2D eigenvalue weighted by atomic mass is 16.5. The zero-order valence-corrected chi connectivity index (χ0v) is 6.86. The summed E-state index contributed by atoms with van der Waals surface area (Å²) in [6.07, 6.45) is 3.63. The molecule has 1 fully saturated rings. The van der Waals surface area contributed by atoms with Gasteiger partial charge in [0.25, 0.3) is 0 Å². The van der Waals surface area contributed by atoms with Crippen molar-refractivity contribution in [1.29, 1.82) is 0 Å². The number of nitrogens with zero attached hydrogens (tertiary/aromatic N) is 1. The van der Waals surface area contributed by atoms with Crippen LogP contribution in [0.15, 0.2) is 24.5 Å². The number of rotatable bonds is 3. The second-order valence-corrected chi connectivity index (χ2v) is 2.97. The van der Waals surface area contributed by atoms with E-state index in [2.05, 4.69) is 10.3 Å². The Morgan fingerprint density at radius 1 is 1.42 bits per heavy atom. The van der Waals surface area contributed by atoms with Gasteiger partial charge < -0.3 is 10.1 Å². The SMILES string of the molecule is c1cc(CNC2COC2)ccn1. The molecule has 3 nitrogen and oxygen atoms in total. The van der Waals surface area contributed by atoms with Gasteiger partial charge in [-0.1, -0.05) is 0 Å². The van der Waals surface area contributed by atoms with Gasteiger partial charge in [-0.05, 0) is 17.7 Å². The van der Waals surface area contributed by atoms with Crippen LogP contribution in [0.25, 0.3) is 0 Å². The minimum absolute atomic E-state index is 0.554. The molecular weight excluding hydrogens is 152 g/mol. The van der Waals surface area contributed by atoms with Crippen LogP contribution >= 0.6 is 0 Å². The summed E-state index contributed by atoms with van der Waals surface area (Å²) in [4.78, 5) is 3.95. The van der Waals surface area contributed by atoms with Gasteiger partial charge in [0.2, 0.25) is 0 Å². The summed E-state index contributed by atoms with van der Waals surface area (Å²) < 4.78 is 5.05. The Bertz CT molecular complexity index is 234.